The standard InChI is InChI=1S/C18H22F3N5O2/c1-2-3-14-15(17(28)23-12-6-7-12)24-25-26(14)13-8-4-11(5-9-13)16(27)22-10-18(19,20)21/h4-5,8-9,12,24-25H,2-3,6-7,10H2,1H3,(H,22,27)(H,23,28). The van der Waals surface area contributed by atoms with E-state index in [0.717, 1.165) is 25.0 Å². The van der Waals surface area contributed by atoms with Crippen LogP contribution in [0.3, 0.4) is 0 Å². The Kier molecular flexibility index (Phi) is 5.78. The Balaban J connectivity index is 1.72. The van der Waals surface area contributed by atoms with Gasteiger partial charge in [0.2, 0.25) is 0 Å². The molecule has 1 aliphatic carbocycles. The molecule has 0 atom stereocenters. The number of hydrogen-bond acceptors (Lipinski definition) is 5. The third kappa shape index (κ3) is 4.94. The third-order valence-electron chi connectivity index (χ3n) is 4.31. The van der Waals surface area contributed by atoms with Gasteiger partial charge < -0.3 is 10.6 Å². The summed E-state index contributed by atoms with van der Waals surface area (Å²) in [5.74, 6) is -0.977. The smallest absolute Gasteiger partial charge is 0.348 e. The van der Waals surface area contributed by atoms with Gasteiger partial charge in [-0.1, -0.05) is 13.3 Å². The highest BCUT2D eigenvalue weighted by molar-refractivity contribution is 5.96. The van der Waals surface area contributed by atoms with Gasteiger partial charge in [-0.15, -0.1) is 5.53 Å². The molecule has 1 heterocycles. The van der Waals surface area contributed by atoms with Crippen molar-refractivity contribution in [3.05, 3.63) is 41.2 Å². The second-order valence-corrected chi connectivity index (χ2v) is 6.74. The predicted octanol–water partition coefficient (Wildman–Crippen LogP) is 2.10. The van der Waals surface area contributed by atoms with Crippen LogP contribution in [0.4, 0.5) is 18.9 Å². The number of carbonyl (C=O) groups excluding carboxylic acids is 2. The van der Waals surface area contributed by atoms with E-state index in [1.54, 1.807) is 17.1 Å². The molecule has 0 spiro atoms. The lowest BCUT2D eigenvalue weighted by atomic mass is 10.1. The summed E-state index contributed by atoms with van der Waals surface area (Å²) < 4.78 is 36.7. The van der Waals surface area contributed by atoms with Crippen molar-refractivity contribution in [2.75, 3.05) is 11.6 Å². The zero-order valence-corrected chi connectivity index (χ0v) is 15.3. The molecule has 1 aliphatic heterocycles. The van der Waals surface area contributed by atoms with E-state index in [2.05, 4.69) is 16.3 Å². The number of amides is 2. The van der Waals surface area contributed by atoms with Gasteiger partial charge in [-0.2, -0.15) is 13.2 Å². The molecular formula is C18H22F3N5O2. The Labute approximate surface area is 160 Å². The molecule has 1 aromatic rings. The Morgan fingerprint density at radius 2 is 1.86 bits per heavy atom. The number of nitrogens with zero attached hydrogens (tertiary/aromatic N) is 1. The van der Waals surface area contributed by atoms with Crippen LogP contribution < -0.4 is 26.6 Å². The maximum Gasteiger partial charge on any atom is 0.405 e. The molecule has 10 heteroatoms. The van der Waals surface area contributed by atoms with Gasteiger partial charge in [-0.25, -0.2) is 0 Å². The summed E-state index contributed by atoms with van der Waals surface area (Å²) in [5, 5.41) is 6.47. The van der Waals surface area contributed by atoms with Crippen molar-refractivity contribution >= 4 is 17.5 Å². The number of anilines is 1. The number of carbonyl (C=O) groups is 2. The summed E-state index contributed by atoms with van der Waals surface area (Å²) in [6.45, 7) is 0.613. The second kappa shape index (κ2) is 8.09. The first-order valence-corrected chi connectivity index (χ1v) is 9.09. The molecule has 7 nitrogen and oxygen atoms in total. The normalized spacial score (nSPS) is 16.8. The van der Waals surface area contributed by atoms with Crippen LogP contribution in [0.2, 0.25) is 0 Å². The molecule has 0 radical (unpaired) electrons. The first-order valence-electron chi connectivity index (χ1n) is 9.09. The lowest BCUT2D eigenvalue weighted by molar-refractivity contribution is -0.123. The fourth-order valence-corrected chi connectivity index (χ4v) is 2.77. The van der Waals surface area contributed by atoms with E-state index in [1.165, 1.54) is 12.1 Å². The minimum absolute atomic E-state index is 0.118. The number of halogens is 3. The maximum absolute atomic E-state index is 12.4. The van der Waals surface area contributed by atoms with Gasteiger partial charge in [0.15, 0.2) is 0 Å². The van der Waals surface area contributed by atoms with E-state index in [4.69, 9.17) is 0 Å². The van der Waals surface area contributed by atoms with Crippen molar-refractivity contribution in [3.63, 3.8) is 0 Å². The van der Waals surface area contributed by atoms with Gasteiger partial charge in [-0.05, 0) is 43.5 Å². The van der Waals surface area contributed by atoms with E-state index in [0.29, 0.717) is 17.8 Å². The third-order valence-corrected chi connectivity index (χ3v) is 4.31. The zero-order chi connectivity index (χ0) is 20.3. The monoisotopic (exact) mass is 397 g/mol. The second-order valence-electron chi connectivity index (χ2n) is 6.74. The number of hydrazine groups is 2. The van der Waals surface area contributed by atoms with Crippen LogP contribution in [0.5, 0.6) is 0 Å². The summed E-state index contributed by atoms with van der Waals surface area (Å²) >= 11 is 0. The van der Waals surface area contributed by atoms with Gasteiger partial charge >= 0.3 is 6.18 Å². The van der Waals surface area contributed by atoms with E-state index in [1.807, 2.05) is 12.2 Å². The van der Waals surface area contributed by atoms with Crippen LogP contribution in [0.25, 0.3) is 0 Å². The zero-order valence-electron chi connectivity index (χ0n) is 15.3. The fraction of sp³-hybridized carbons (Fsp3) is 0.444. The largest absolute Gasteiger partial charge is 0.405 e. The molecule has 1 fully saturated rings. The highest BCUT2D eigenvalue weighted by Gasteiger charge is 2.31. The molecular weight excluding hydrogens is 375 g/mol. The van der Waals surface area contributed by atoms with Gasteiger partial charge in [-0.3, -0.25) is 20.0 Å². The number of rotatable bonds is 7. The predicted molar refractivity (Wildman–Crippen MR) is 96.7 cm³/mol. The molecule has 152 valence electrons. The minimum Gasteiger partial charge on any atom is -0.348 e. The van der Waals surface area contributed by atoms with Crippen LogP contribution in [-0.4, -0.2) is 30.6 Å². The Morgan fingerprint density at radius 1 is 1.18 bits per heavy atom. The van der Waals surface area contributed by atoms with E-state index >= 15 is 0 Å². The summed E-state index contributed by atoms with van der Waals surface area (Å²) in [6.07, 6.45) is -1.04. The molecule has 28 heavy (non-hydrogen) atoms. The molecule has 2 amide bonds. The Bertz CT molecular complexity index is 772. The van der Waals surface area contributed by atoms with Crippen LogP contribution in [-0.2, 0) is 4.79 Å². The van der Waals surface area contributed by atoms with E-state index in [9.17, 15) is 22.8 Å². The van der Waals surface area contributed by atoms with Crippen LogP contribution in [0, 0.1) is 0 Å². The lowest BCUT2D eigenvalue weighted by Gasteiger charge is -2.21. The molecule has 3 rings (SSSR count). The molecule has 0 aromatic heterocycles. The van der Waals surface area contributed by atoms with Gasteiger partial charge in [0, 0.05) is 11.6 Å². The SMILES string of the molecule is CCCC1=C(C(=O)NC2CC2)NNN1c1ccc(C(=O)NCC(F)(F)F)cc1. The quantitative estimate of drug-likeness (QED) is 0.566. The van der Waals surface area contributed by atoms with E-state index in [-0.39, 0.29) is 17.5 Å². The average molecular weight is 397 g/mol. The van der Waals surface area contributed by atoms with Crippen molar-refractivity contribution in [2.45, 2.75) is 44.8 Å². The summed E-state index contributed by atoms with van der Waals surface area (Å²) in [6, 6.07) is 6.32. The fourth-order valence-electron chi connectivity index (χ4n) is 2.77. The van der Waals surface area contributed by atoms with Gasteiger partial charge in [0.25, 0.3) is 11.8 Å². The van der Waals surface area contributed by atoms with Crippen LogP contribution in [0.1, 0.15) is 43.0 Å². The summed E-state index contributed by atoms with van der Waals surface area (Å²) in [7, 11) is 0. The minimum atomic E-state index is -4.46. The van der Waals surface area contributed by atoms with Crippen molar-refractivity contribution in [3.8, 4) is 0 Å². The Hall–Kier alpha value is -2.75. The highest BCUT2D eigenvalue weighted by atomic mass is 19.4. The number of benzene rings is 1. The highest BCUT2D eigenvalue weighted by Crippen LogP contribution is 2.26. The Morgan fingerprint density at radius 3 is 2.43 bits per heavy atom. The number of alkyl halides is 3. The number of nitrogens with one attached hydrogen (secondary N) is 4. The van der Waals surface area contributed by atoms with E-state index < -0.39 is 18.6 Å². The first-order chi connectivity index (χ1) is 13.3. The van der Waals surface area contributed by atoms with Crippen molar-refractivity contribution in [2.24, 2.45) is 0 Å². The molecule has 0 bridgehead atoms. The molecule has 4 N–H and O–H groups in total. The molecule has 2 aliphatic rings. The maximum atomic E-state index is 12.4. The number of allylic oxidation sites excluding steroid dienone is 1. The van der Waals surface area contributed by atoms with Gasteiger partial charge in [0.1, 0.15) is 12.2 Å². The molecule has 0 unspecified atom stereocenters. The van der Waals surface area contributed by atoms with Crippen molar-refractivity contribution in [1.82, 2.24) is 21.6 Å². The molecule has 1 saturated carbocycles. The topological polar surface area (TPSA) is 85.5 Å². The first kappa shape index (κ1) is 20.0. The lowest BCUT2D eigenvalue weighted by Crippen LogP contribution is -2.40. The summed E-state index contributed by atoms with van der Waals surface area (Å²) in [5.41, 5.74) is 7.79. The summed E-state index contributed by atoms with van der Waals surface area (Å²) in [4.78, 5) is 24.2. The average Bonchev–Trinajstić information content (AvgIpc) is 3.36. The van der Waals surface area contributed by atoms with Crippen molar-refractivity contribution < 1.29 is 22.8 Å². The number of hydrogen-bond donors (Lipinski definition) is 4. The molecule has 0 saturated heterocycles. The van der Waals surface area contributed by atoms with Crippen LogP contribution >= 0.6 is 0 Å². The molecule has 1 aromatic carbocycles. The van der Waals surface area contributed by atoms with Crippen molar-refractivity contribution in [1.29, 1.82) is 0 Å². The van der Waals surface area contributed by atoms with Crippen LogP contribution in [0.15, 0.2) is 35.7 Å². The van der Waals surface area contributed by atoms with Gasteiger partial charge in [0.05, 0.1) is 11.4 Å².